The van der Waals surface area contributed by atoms with E-state index in [1.807, 2.05) is 12.1 Å². The van der Waals surface area contributed by atoms with Crippen LogP contribution in [0.3, 0.4) is 0 Å². The minimum atomic E-state index is 0.236. The molecule has 0 saturated heterocycles. The Kier molecular flexibility index (Phi) is 4.18. The Hall–Kier alpha value is -1.85. The van der Waals surface area contributed by atoms with E-state index < -0.39 is 0 Å². The molecule has 2 heteroatoms. The Bertz CT molecular complexity index is 843. The molecule has 0 spiro atoms. The number of allylic oxidation sites excluding steroid dienone is 1. The molecule has 1 aliphatic carbocycles. The van der Waals surface area contributed by atoms with Crippen molar-refractivity contribution in [1.82, 2.24) is 0 Å². The van der Waals surface area contributed by atoms with Gasteiger partial charge in [-0.1, -0.05) is 52.0 Å². The number of thiophene rings is 1. The fourth-order valence-corrected chi connectivity index (χ4v) is 4.40. The number of hydrogen-bond acceptors (Lipinski definition) is 2. The average Bonchev–Trinajstić information content (AvgIpc) is 3.01. The van der Waals surface area contributed by atoms with Crippen molar-refractivity contribution in [2.45, 2.75) is 58.3 Å². The van der Waals surface area contributed by atoms with Gasteiger partial charge in [-0.2, -0.15) is 5.26 Å². The van der Waals surface area contributed by atoms with Crippen LogP contribution in [0.1, 0.15) is 73.9 Å². The molecule has 124 valence electrons. The van der Waals surface area contributed by atoms with Gasteiger partial charge in [0.15, 0.2) is 0 Å². The molecule has 0 atom stereocenters. The lowest BCUT2D eigenvalue weighted by molar-refractivity contribution is 0.332. The molecule has 0 N–H and O–H groups in total. The molecule has 0 fully saturated rings. The summed E-state index contributed by atoms with van der Waals surface area (Å²) in [6, 6.07) is 13.1. The summed E-state index contributed by atoms with van der Waals surface area (Å²) in [6.45, 7) is 11.6. The predicted octanol–water partition coefficient (Wildman–Crippen LogP) is 6.53. The van der Waals surface area contributed by atoms with Crippen LogP contribution in [-0.2, 0) is 10.8 Å². The average molecular weight is 336 g/mol. The molecule has 0 aliphatic heterocycles. The summed E-state index contributed by atoms with van der Waals surface area (Å²) in [5, 5.41) is 9.00. The van der Waals surface area contributed by atoms with Gasteiger partial charge in [0.05, 0.1) is 0 Å². The molecule has 24 heavy (non-hydrogen) atoms. The van der Waals surface area contributed by atoms with Crippen molar-refractivity contribution in [1.29, 1.82) is 5.26 Å². The minimum Gasteiger partial charge on any atom is -0.192 e. The molecule has 1 aliphatic rings. The predicted molar refractivity (Wildman–Crippen MR) is 104 cm³/mol. The largest absolute Gasteiger partial charge is 0.192 e. The van der Waals surface area contributed by atoms with Gasteiger partial charge in [0, 0.05) is 4.88 Å². The Balaban J connectivity index is 2.02. The summed E-state index contributed by atoms with van der Waals surface area (Å²) in [7, 11) is 0. The van der Waals surface area contributed by atoms with Gasteiger partial charge in [0.2, 0.25) is 0 Å². The second-order valence-corrected chi connectivity index (χ2v) is 9.26. The van der Waals surface area contributed by atoms with E-state index in [2.05, 4.69) is 65.0 Å². The second kappa shape index (κ2) is 5.90. The Morgan fingerprint density at radius 2 is 1.71 bits per heavy atom. The van der Waals surface area contributed by atoms with Crippen LogP contribution in [-0.4, -0.2) is 0 Å². The number of hydrogen-bond donors (Lipinski definition) is 0. The molecule has 3 rings (SSSR count). The first-order chi connectivity index (χ1) is 11.2. The topological polar surface area (TPSA) is 23.8 Å². The summed E-state index contributed by atoms with van der Waals surface area (Å²) in [6.07, 6.45) is 4.72. The van der Waals surface area contributed by atoms with E-state index in [1.54, 1.807) is 11.3 Å². The first kappa shape index (κ1) is 17.0. The lowest BCUT2D eigenvalue weighted by Gasteiger charge is -2.42. The van der Waals surface area contributed by atoms with E-state index in [9.17, 15) is 0 Å². The lowest BCUT2D eigenvalue weighted by Crippen LogP contribution is -2.33. The molecule has 0 saturated carbocycles. The van der Waals surface area contributed by atoms with E-state index in [-0.39, 0.29) is 10.8 Å². The zero-order valence-electron chi connectivity index (χ0n) is 15.2. The van der Waals surface area contributed by atoms with E-state index >= 15 is 0 Å². The summed E-state index contributed by atoms with van der Waals surface area (Å²) in [4.78, 5) is 1.94. The van der Waals surface area contributed by atoms with Crippen molar-refractivity contribution in [3.05, 3.63) is 56.8 Å². The van der Waals surface area contributed by atoms with Gasteiger partial charge in [-0.3, -0.25) is 0 Å². The lowest BCUT2D eigenvalue weighted by atomic mass is 9.63. The summed E-state index contributed by atoms with van der Waals surface area (Å²) >= 11 is 1.56. The van der Waals surface area contributed by atoms with Crippen LogP contribution in [0, 0.1) is 11.3 Å². The van der Waals surface area contributed by atoms with Crippen molar-refractivity contribution < 1.29 is 0 Å². The monoisotopic (exact) mass is 335 g/mol. The standard InChI is InChI=1S/C22H25NS/c1-15(20-9-7-17(14-23)24-20)12-16-6-8-18-19(13-16)22(4,5)11-10-21(18,2)3/h6-9,12-13H,10-11H2,1-5H3/b15-12+. The van der Waals surface area contributed by atoms with E-state index in [0.717, 1.165) is 4.88 Å². The normalized spacial score (nSPS) is 18.8. The van der Waals surface area contributed by atoms with Crippen molar-refractivity contribution in [3.8, 4) is 6.07 Å². The first-order valence-electron chi connectivity index (χ1n) is 8.57. The maximum absolute atomic E-state index is 9.00. The van der Waals surface area contributed by atoms with Gasteiger partial charge in [-0.05, 0) is 65.0 Å². The van der Waals surface area contributed by atoms with Crippen LogP contribution in [0.4, 0.5) is 0 Å². The highest BCUT2D eigenvalue weighted by molar-refractivity contribution is 7.13. The Morgan fingerprint density at radius 3 is 2.33 bits per heavy atom. The van der Waals surface area contributed by atoms with Gasteiger partial charge in [0.25, 0.3) is 0 Å². The van der Waals surface area contributed by atoms with Crippen molar-refractivity contribution in [2.24, 2.45) is 0 Å². The van der Waals surface area contributed by atoms with E-state index in [4.69, 9.17) is 5.26 Å². The van der Waals surface area contributed by atoms with Crippen LogP contribution in [0.2, 0.25) is 0 Å². The highest BCUT2D eigenvalue weighted by Gasteiger charge is 2.36. The van der Waals surface area contributed by atoms with Crippen LogP contribution >= 0.6 is 11.3 Å². The Labute approximate surface area is 149 Å². The van der Waals surface area contributed by atoms with Gasteiger partial charge in [-0.15, -0.1) is 11.3 Å². The zero-order valence-corrected chi connectivity index (χ0v) is 16.1. The molecule has 2 aromatic rings. The number of nitrogens with zero attached hydrogens (tertiary/aromatic N) is 1. The fourth-order valence-electron chi connectivity index (χ4n) is 3.63. The van der Waals surface area contributed by atoms with Crippen molar-refractivity contribution >= 4 is 23.0 Å². The molecule has 0 bridgehead atoms. The zero-order chi connectivity index (χ0) is 17.5. The van der Waals surface area contributed by atoms with E-state index in [1.165, 1.54) is 40.0 Å². The molecule has 1 aromatic carbocycles. The Morgan fingerprint density at radius 1 is 1.04 bits per heavy atom. The molecule has 0 unspecified atom stereocenters. The molecule has 0 radical (unpaired) electrons. The molecule has 0 amide bonds. The van der Waals surface area contributed by atoms with Crippen LogP contribution in [0.25, 0.3) is 11.6 Å². The SMILES string of the molecule is C/C(=C\c1ccc2c(c1)C(C)(C)CCC2(C)C)c1ccc(C#N)s1. The molecule has 1 nitrogen and oxygen atoms in total. The molecular formula is C22H25NS. The van der Waals surface area contributed by atoms with Gasteiger partial charge < -0.3 is 0 Å². The fraction of sp³-hybridized carbons (Fsp3) is 0.409. The highest BCUT2D eigenvalue weighted by Crippen LogP contribution is 2.46. The van der Waals surface area contributed by atoms with Crippen molar-refractivity contribution in [3.63, 3.8) is 0 Å². The van der Waals surface area contributed by atoms with Gasteiger partial charge >= 0.3 is 0 Å². The van der Waals surface area contributed by atoms with Crippen LogP contribution in [0.15, 0.2) is 30.3 Å². The third-order valence-electron chi connectivity index (χ3n) is 5.36. The molecule has 1 aromatic heterocycles. The number of rotatable bonds is 2. The van der Waals surface area contributed by atoms with Gasteiger partial charge in [-0.25, -0.2) is 0 Å². The third kappa shape index (κ3) is 3.06. The molecular weight excluding hydrogens is 310 g/mol. The van der Waals surface area contributed by atoms with Crippen LogP contribution < -0.4 is 0 Å². The first-order valence-corrected chi connectivity index (χ1v) is 9.38. The highest BCUT2D eigenvalue weighted by atomic mass is 32.1. The summed E-state index contributed by atoms with van der Waals surface area (Å²) in [5.74, 6) is 0. The third-order valence-corrected chi connectivity index (χ3v) is 6.49. The maximum Gasteiger partial charge on any atom is 0.110 e. The van der Waals surface area contributed by atoms with Gasteiger partial charge in [0.1, 0.15) is 10.9 Å². The smallest absolute Gasteiger partial charge is 0.110 e. The maximum atomic E-state index is 9.00. The number of nitriles is 1. The number of fused-ring (bicyclic) bond motifs is 1. The second-order valence-electron chi connectivity index (χ2n) is 8.18. The minimum absolute atomic E-state index is 0.236. The van der Waals surface area contributed by atoms with Crippen LogP contribution in [0.5, 0.6) is 0 Å². The summed E-state index contributed by atoms with van der Waals surface area (Å²) in [5.41, 5.74) is 5.95. The quantitative estimate of drug-likeness (QED) is 0.612. The van der Waals surface area contributed by atoms with Crippen molar-refractivity contribution in [2.75, 3.05) is 0 Å². The molecule has 1 heterocycles. The number of benzene rings is 1. The summed E-state index contributed by atoms with van der Waals surface area (Å²) < 4.78 is 0. The van der Waals surface area contributed by atoms with E-state index in [0.29, 0.717) is 0 Å².